The van der Waals surface area contributed by atoms with Crippen molar-refractivity contribution in [1.82, 2.24) is 0 Å². The minimum atomic E-state index is -4.07. The molecule has 0 unspecified atom stereocenters. The number of esters is 1. The molecule has 20 heavy (non-hydrogen) atoms. The molecule has 0 radical (unpaired) electrons. The summed E-state index contributed by atoms with van der Waals surface area (Å²) in [5.41, 5.74) is 0.154. The number of ether oxygens (including phenoxy) is 3. The van der Waals surface area contributed by atoms with Crippen LogP contribution in [0, 0.1) is 0 Å². The van der Waals surface area contributed by atoms with Crippen molar-refractivity contribution in [3.8, 4) is 11.5 Å². The first-order valence-corrected chi connectivity index (χ1v) is 7.61. The number of hydrogen-bond donors (Lipinski definition) is 0. The number of halogens is 1. The Bertz CT molecular complexity index is 636. The lowest BCUT2D eigenvalue weighted by molar-refractivity contribution is -0.134. The molecule has 1 aromatic rings. The fraction of sp³-hybridized carbons (Fsp3) is 0.250. The van der Waals surface area contributed by atoms with Gasteiger partial charge in [0.1, 0.15) is 16.4 Å². The van der Waals surface area contributed by atoms with Gasteiger partial charge in [-0.3, -0.25) is 0 Å². The summed E-state index contributed by atoms with van der Waals surface area (Å²) in [4.78, 5) is 10.9. The Hall–Kier alpha value is -1.73. The maximum absolute atomic E-state index is 11.6. The molecule has 0 aliphatic heterocycles. The number of rotatable bonds is 5. The van der Waals surface area contributed by atoms with Gasteiger partial charge in [0, 0.05) is 28.4 Å². The largest absolute Gasteiger partial charge is 0.497 e. The van der Waals surface area contributed by atoms with E-state index in [1.54, 1.807) is 0 Å². The van der Waals surface area contributed by atoms with Gasteiger partial charge in [-0.1, -0.05) is 0 Å². The van der Waals surface area contributed by atoms with E-state index in [0.717, 1.165) is 6.08 Å². The molecule has 0 aliphatic rings. The fourth-order valence-electron chi connectivity index (χ4n) is 1.48. The van der Waals surface area contributed by atoms with Crippen molar-refractivity contribution < 1.29 is 27.4 Å². The lowest BCUT2D eigenvalue weighted by Crippen LogP contribution is -2.01. The number of hydrogen-bond acceptors (Lipinski definition) is 6. The Morgan fingerprint density at radius 1 is 1.20 bits per heavy atom. The smallest absolute Gasteiger partial charge is 0.330 e. The van der Waals surface area contributed by atoms with Crippen LogP contribution in [-0.4, -0.2) is 35.7 Å². The molecule has 1 rings (SSSR count). The second kappa shape index (κ2) is 6.62. The average molecular weight is 321 g/mol. The van der Waals surface area contributed by atoms with Gasteiger partial charge in [-0.2, -0.15) is 0 Å². The molecule has 0 N–H and O–H groups in total. The molecule has 110 valence electrons. The van der Waals surface area contributed by atoms with Crippen LogP contribution < -0.4 is 9.47 Å². The van der Waals surface area contributed by atoms with Gasteiger partial charge in [0.25, 0.3) is 9.05 Å². The van der Waals surface area contributed by atoms with Gasteiger partial charge in [0.2, 0.25) is 0 Å². The van der Waals surface area contributed by atoms with Gasteiger partial charge < -0.3 is 14.2 Å². The molecule has 0 spiro atoms. The van der Waals surface area contributed by atoms with Crippen LogP contribution in [0.15, 0.2) is 23.1 Å². The minimum Gasteiger partial charge on any atom is -0.497 e. The van der Waals surface area contributed by atoms with E-state index in [4.69, 9.17) is 20.2 Å². The number of benzene rings is 1. The van der Waals surface area contributed by atoms with Crippen molar-refractivity contribution in [2.24, 2.45) is 0 Å². The standard InChI is InChI=1S/C12H13ClO6S/c1-17-9-6-8(4-5-11(14)19-3)12(20(13,15)16)10(7-9)18-2/h4-7H,1-3H3. The summed E-state index contributed by atoms with van der Waals surface area (Å²) in [7, 11) is 5.25. The molecule has 0 amide bonds. The van der Waals surface area contributed by atoms with Crippen LogP contribution in [0.3, 0.4) is 0 Å². The number of carbonyl (C=O) groups is 1. The predicted molar refractivity (Wildman–Crippen MR) is 73.6 cm³/mol. The van der Waals surface area contributed by atoms with Crippen molar-refractivity contribution >= 4 is 31.8 Å². The Morgan fingerprint density at radius 2 is 1.85 bits per heavy atom. The van der Waals surface area contributed by atoms with Crippen molar-refractivity contribution in [2.75, 3.05) is 21.3 Å². The molecule has 0 fully saturated rings. The van der Waals surface area contributed by atoms with Gasteiger partial charge in [0.05, 0.1) is 21.3 Å². The quantitative estimate of drug-likeness (QED) is 0.468. The van der Waals surface area contributed by atoms with Crippen molar-refractivity contribution in [3.05, 3.63) is 23.8 Å². The van der Waals surface area contributed by atoms with Crippen LogP contribution in [0.4, 0.5) is 0 Å². The van der Waals surface area contributed by atoms with Gasteiger partial charge in [0.15, 0.2) is 0 Å². The van der Waals surface area contributed by atoms with Gasteiger partial charge in [-0.15, -0.1) is 0 Å². The second-order valence-electron chi connectivity index (χ2n) is 3.54. The minimum absolute atomic E-state index is 0.0175. The van der Waals surface area contributed by atoms with Gasteiger partial charge in [-0.05, 0) is 12.1 Å². The van der Waals surface area contributed by atoms with E-state index >= 15 is 0 Å². The zero-order valence-corrected chi connectivity index (χ0v) is 12.6. The highest BCUT2D eigenvalue weighted by atomic mass is 35.7. The monoisotopic (exact) mass is 320 g/mol. The second-order valence-corrected chi connectivity index (χ2v) is 6.05. The van der Waals surface area contributed by atoms with E-state index in [9.17, 15) is 13.2 Å². The maximum atomic E-state index is 11.6. The lowest BCUT2D eigenvalue weighted by Gasteiger charge is -2.11. The predicted octanol–water partition coefficient (Wildman–Crippen LogP) is 1.82. The molecule has 0 atom stereocenters. The molecule has 0 saturated heterocycles. The summed E-state index contributed by atoms with van der Waals surface area (Å²) in [6.45, 7) is 0. The highest BCUT2D eigenvalue weighted by Gasteiger charge is 2.22. The summed E-state index contributed by atoms with van der Waals surface area (Å²) >= 11 is 0. The first-order valence-electron chi connectivity index (χ1n) is 5.30. The van der Waals surface area contributed by atoms with Gasteiger partial charge in [-0.25, -0.2) is 13.2 Å². The SMILES string of the molecule is COC(=O)C=Cc1cc(OC)cc(OC)c1S(=O)(=O)Cl. The summed E-state index contributed by atoms with van der Waals surface area (Å²) in [6, 6.07) is 2.79. The normalized spacial score (nSPS) is 11.4. The summed E-state index contributed by atoms with van der Waals surface area (Å²) in [6.07, 6.45) is 2.33. The van der Waals surface area contributed by atoms with E-state index in [1.165, 1.54) is 39.5 Å². The van der Waals surface area contributed by atoms with E-state index in [0.29, 0.717) is 5.75 Å². The number of carbonyl (C=O) groups excluding carboxylic acids is 1. The van der Waals surface area contributed by atoms with Crippen LogP contribution >= 0.6 is 10.7 Å². The third-order valence-corrected chi connectivity index (χ3v) is 3.74. The van der Waals surface area contributed by atoms with Crippen LogP contribution in [0.1, 0.15) is 5.56 Å². The van der Waals surface area contributed by atoms with Crippen LogP contribution in [-0.2, 0) is 18.6 Å². The average Bonchev–Trinajstić information content (AvgIpc) is 2.42. The molecule has 1 aromatic carbocycles. The highest BCUT2D eigenvalue weighted by Crippen LogP contribution is 2.35. The number of methoxy groups -OCH3 is 3. The first kappa shape index (κ1) is 16.3. The van der Waals surface area contributed by atoms with E-state index in [2.05, 4.69) is 4.74 Å². The molecule has 0 heterocycles. The lowest BCUT2D eigenvalue weighted by atomic mass is 10.2. The van der Waals surface area contributed by atoms with E-state index in [1.807, 2.05) is 0 Å². The Morgan fingerprint density at radius 3 is 2.30 bits per heavy atom. The molecule has 0 saturated carbocycles. The summed E-state index contributed by atoms with van der Waals surface area (Å²) in [5.74, 6) is -0.260. The molecule has 0 aromatic heterocycles. The van der Waals surface area contributed by atoms with Crippen molar-refractivity contribution in [2.45, 2.75) is 4.90 Å². The fourth-order valence-corrected chi connectivity index (χ4v) is 2.76. The zero-order valence-electron chi connectivity index (χ0n) is 11.0. The third kappa shape index (κ3) is 3.88. The molecular formula is C12H13ClO6S. The third-order valence-electron chi connectivity index (χ3n) is 2.36. The molecule has 0 aliphatic carbocycles. The maximum Gasteiger partial charge on any atom is 0.330 e. The van der Waals surface area contributed by atoms with Crippen LogP contribution in [0.25, 0.3) is 6.08 Å². The molecule has 6 nitrogen and oxygen atoms in total. The molecule has 8 heteroatoms. The first-order chi connectivity index (χ1) is 9.33. The molecule has 0 bridgehead atoms. The van der Waals surface area contributed by atoms with Gasteiger partial charge >= 0.3 is 5.97 Å². The zero-order chi connectivity index (χ0) is 15.3. The Kier molecular flexibility index (Phi) is 5.41. The summed E-state index contributed by atoms with van der Waals surface area (Å²) in [5, 5.41) is 0. The van der Waals surface area contributed by atoms with Crippen LogP contribution in [0.2, 0.25) is 0 Å². The highest BCUT2D eigenvalue weighted by molar-refractivity contribution is 8.13. The topological polar surface area (TPSA) is 78.9 Å². The Balaban J connectivity index is 3.53. The van der Waals surface area contributed by atoms with Crippen LogP contribution in [0.5, 0.6) is 11.5 Å². The summed E-state index contributed by atoms with van der Waals surface area (Å²) < 4.78 is 37.7. The van der Waals surface area contributed by atoms with Crippen molar-refractivity contribution in [3.63, 3.8) is 0 Å². The van der Waals surface area contributed by atoms with E-state index < -0.39 is 15.0 Å². The molecular weight excluding hydrogens is 308 g/mol. The Labute approximate surface area is 121 Å². The van der Waals surface area contributed by atoms with E-state index in [-0.39, 0.29) is 16.2 Å². The van der Waals surface area contributed by atoms with Crippen molar-refractivity contribution in [1.29, 1.82) is 0 Å².